The van der Waals surface area contributed by atoms with Crippen LogP contribution >= 0.6 is 24.0 Å². The second kappa shape index (κ2) is 11.5. The molecule has 0 saturated carbocycles. The number of rotatable bonds is 7. The Bertz CT molecular complexity index is 909. The van der Waals surface area contributed by atoms with Crippen molar-refractivity contribution in [2.45, 2.75) is 26.8 Å². The largest absolute Gasteiger partial charge is 0.357 e. The highest BCUT2D eigenvalue weighted by Gasteiger charge is 2.02. The highest BCUT2D eigenvalue weighted by Crippen LogP contribution is 2.11. The van der Waals surface area contributed by atoms with E-state index >= 15 is 0 Å². The lowest BCUT2D eigenvalue weighted by Gasteiger charge is -2.12. The molecule has 2 N–H and O–H groups in total. The van der Waals surface area contributed by atoms with Gasteiger partial charge in [0.2, 0.25) is 0 Å². The van der Waals surface area contributed by atoms with E-state index in [1.165, 1.54) is 12.4 Å². The summed E-state index contributed by atoms with van der Waals surface area (Å²) in [5.41, 5.74) is 4.17. The summed E-state index contributed by atoms with van der Waals surface area (Å²) in [5, 5.41) is 10.7. The second-order valence-electron chi connectivity index (χ2n) is 6.45. The van der Waals surface area contributed by atoms with Crippen molar-refractivity contribution in [3.8, 4) is 5.69 Å². The molecule has 0 aliphatic rings. The average molecular weight is 508 g/mol. The smallest absolute Gasteiger partial charge is 0.191 e. The number of nitrogens with zero attached hydrogens (tertiary/aromatic N) is 4. The van der Waals surface area contributed by atoms with Gasteiger partial charge >= 0.3 is 0 Å². The van der Waals surface area contributed by atoms with Crippen molar-refractivity contribution < 1.29 is 4.39 Å². The topological polar surface area (TPSA) is 67.1 Å². The van der Waals surface area contributed by atoms with Gasteiger partial charge in [0.05, 0.1) is 12.2 Å². The minimum atomic E-state index is -0.195. The fourth-order valence-electron chi connectivity index (χ4n) is 2.86. The van der Waals surface area contributed by atoms with Crippen molar-refractivity contribution in [2.24, 2.45) is 4.99 Å². The quantitative estimate of drug-likeness (QED) is 0.291. The van der Waals surface area contributed by atoms with E-state index in [1.54, 1.807) is 17.1 Å². The summed E-state index contributed by atoms with van der Waals surface area (Å²) in [5.74, 6) is 0.571. The average Bonchev–Trinajstić information content (AvgIpc) is 3.23. The van der Waals surface area contributed by atoms with Crippen LogP contribution in [0.15, 0.2) is 60.1 Å². The Labute approximate surface area is 187 Å². The molecule has 0 fully saturated rings. The summed E-state index contributed by atoms with van der Waals surface area (Å²) in [6, 6.07) is 13.0. The van der Waals surface area contributed by atoms with Gasteiger partial charge in [0.15, 0.2) is 5.96 Å². The van der Waals surface area contributed by atoms with E-state index in [4.69, 9.17) is 0 Å². The third-order valence-electron chi connectivity index (χ3n) is 4.38. The molecule has 8 heteroatoms. The van der Waals surface area contributed by atoms with Crippen LogP contribution in [0.3, 0.4) is 0 Å². The summed E-state index contributed by atoms with van der Waals surface area (Å²) in [4.78, 5) is 8.60. The molecule has 0 atom stereocenters. The molecule has 0 saturated heterocycles. The first kappa shape index (κ1) is 22.8. The summed E-state index contributed by atoms with van der Waals surface area (Å²) < 4.78 is 14.9. The van der Waals surface area contributed by atoms with E-state index in [1.807, 2.05) is 44.2 Å². The second-order valence-corrected chi connectivity index (χ2v) is 6.45. The summed E-state index contributed by atoms with van der Waals surface area (Å²) >= 11 is 0. The molecule has 0 spiro atoms. The maximum Gasteiger partial charge on any atom is 0.191 e. The normalized spacial score (nSPS) is 11.1. The van der Waals surface area contributed by atoms with E-state index in [9.17, 15) is 4.39 Å². The molecule has 6 nitrogen and oxygen atoms in total. The lowest BCUT2D eigenvalue weighted by Crippen LogP contribution is -2.38. The lowest BCUT2D eigenvalue weighted by atomic mass is 10.1. The van der Waals surface area contributed by atoms with Crippen LogP contribution in [0.1, 0.15) is 23.6 Å². The first-order chi connectivity index (χ1) is 13.7. The molecule has 0 unspecified atom stereocenters. The summed E-state index contributed by atoms with van der Waals surface area (Å²) in [6.45, 7) is 6.05. The van der Waals surface area contributed by atoms with Crippen LogP contribution in [-0.4, -0.2) is 33.8 Å². The molecule has 0 amide bonds. The minimum absolute atomic E-state index is 0. The van der Waals surface area contributed by atoms with Crippen molar-refractivity contribution >= 4 is 29.9 Å². The van der Waals surface area contributed by atoms with Crippen molar-refractivity contribution in [1.29, 1.82) is 0 Å². The van der Waals surface area contributed by atoms with Gasteiger partial charge in [0.1, 0.15) is 18.5 Å². The van der Waals surface area contributed by atoms with E-state index in [0.717, 1.165) is 47.8 Å². The molecule has 0 radical (unpaired) electrons. The number of aromatic nitrogens is 3. The Morgan fingerprint density at radius 2 is 1.93 bits per heavy atom. The van der Waals surface area contributed by atoms with Gasteiger partial charge in [0, 0.05) is 13.1 Å². The molecular weight excluding hydrogens is 482 g/mol. The van der Waals surface area contributed by atoms with Crippen LogP contribution in [0.25, 0.3) is 5.69 Å². The van der Waals surface area contributed by atoms with Gasteiger partial charge in [-0.1, -0.05) is 18.2 Å². The Hall–Kier alpha value is -2.49. The maximum atomic E-state index is 13.2. The number of guanidine groups is 1. The highest BCUT2D eigenvalue weighted by molar-refractivity contribution is 14.0. The molecule has 1 heterocycles. The van der Waals surface area contributed by atoms with E-state index in [0.29, 0.717) is 6.54 Å². The molecule has 2 aromatic carbocycles. The van der Waals surface area contributed by atoms with Crippen LogP contribution in [-0.2, 0) is 13.0 Å². The molecule has 0 aliphatic heterocycles. The van der Waals surface area contributed by atoms with Crippen LogP contribution in [0.2, 0.25) is 0 Å². The molecule has 154 valence electrons. The van der Waals surface area contributed by atoms with Crippen molar-refractivity contribution in [2.75, 3.05) is 13.1 Å². The Morgan fingerprint density at radius 1 is 1.14 bits per heavy atom. The number of aliphatic imine (C=N–C) groups is 1. The predicted octanol–water partition coefficient (Wildman–Crippen LogP) is 3.63. The van der Waals surface area contributed by atoms with Crippen LogP contribution in [0.5, 0.6) is 0 Å². The van der Waals surface area contributed by atoms with Gasteiger partial charge in [-0.05, 0) is 61.2 Å². The number of aryl methyl sites for hydroxylation is 1. The lowest BCUT2D eigenvalue weighted by molar-refractivity contribution is 0.625. The third-order valence-corrected chi connectivity index (χ3v) is 4.38. The van der Waals surface area contributed by atoms with Gasteiger partial charge in [-0.3, -0.25) is 0 Å². The molecule has 0 bridgehead atoms. The number of benzene rings is 2. The van der Waals surface area contributed by atoms with Gasteiger partial charge in [0.25, 0.3) is 0 Å². The molecular formula is C21H26FIN6. The minimum Gasteiger partial charge on any atom is -0.357 e. The van der Waals surface area contributed by atoms with Crippen molar-refractivity contribution in [1.82, 2.24) is 25.4 Å². The molecule has 29 heavy (non-hydrogen) atoms. The number of halogens is 2. The molecule has 0 aliphatic carbocycles. The maximum absolute atomic E-state index is 13.2. The zero-order valence-corrected chi connectivity index (χ0v) is 18.9. The van der Waals surface area contributed by atoms with Gasteiger partial charge in [-0.25, -0.2) is 19.0 Å². The molecule has 1 aromatic heterocycles. The number of hydrogen-bond donors (Lipinski definition) is 2. The molecule has 3 aromatic rings. The van der Waals surface area contributed by atoms with Gasteiger partial charge in [-0.15, -0.1) is 24.0 Å². The fourth-order valence-corrected chi connectivity index (χ4v) is 2.86. The van der Waals surface area contributed by atoms with Crippen molar-refractivity contribution in [3.05, 3.63) is 77.6 Å². The summed E-state index contributed by atoms with van der Waals surface area (Å²) in [6.07, 6.45) is 3.99. The number of nitrogens with one attached hydrogen (secondary N) is 2. The van der Waals surface area contributed by atoms with Crippen LogP contribution < -0.4 is 10.6 Å². The number of hydrogen-bond acceptors (Lipinski definition) is 3. The third kappa shape index (κ3) is 6.81. The first-order valence-corrected chi connectivity index (χ1v) is 9.37. The zero-order valence-electron chi connectivity index (χ0n) is 16.6. The first-order valence-electron chi connectivity index (χ1n) is 9.37. The van der Waals surface area contributed by atoms with E-state index in [-0.39, 0.29) is 29.8 Å². The molecule has 3 rings (SSSR count). The Morgan fingerprint density at radius 3 is 2.59 bits per heavy atom. The van der Waals surface area contributed by atoms with Crippen LogP contribution in [0.4, 0.5) is 4.39 Å². The zero-order chi connectivity index (χ0) is 19.8. The van der Waals surface area contributed by atoms with E-state index in [2.05, 4.69) is 25.7 Å². The van der Waals surface area contributed by atoms with Crippen LogP contribution in [0, 0.1) is 12.7 Å². The monoisotopic (exact) mass is 508 g/mol. The van der Waals surface area contributed by atoms with Crippen molar-refractivity contribution in [3.63, 3.8) is 0 Å². The SMILES string of the molecule is CCNC(=NCc1ccc(-n2cncn2)cc1)NCCc1ccc(F)cc1C.I. The fraction of sp³-hybridized carbons (Fsp3) is 0.286. The van der Waals surface area contributed by atoms with Gasteiger partial charge in [-0.2, -0.15) is 5.10 Å². The summed E-state index contributed by atoms with van der Waals surface area (Å²) in [7, 11) is 0. The Kier molecular flexibility index (Phi) is 9.04. The highest BCUT2D eigenvalue weighted by atomic mass is 127. The van der Waals surface area contributed by atoms with E-state index < -0.39 is 0 Å². The Balaban J connectivity index is 0.00000300. The predicted molar refractivity (Wildman–Crippen MR) is 124 cm³/mol. The van der Waals surface area contributed by atoms with Gasteiger partial charge < -0.3 is 10.6 Å². The standard InChI is InChI=1S/C21H25FN6.HI/c1-3-24-21(25-11-10-18-6-7-19(22)12-16(18)2)26-13-17-4-8-20(9-5-17)28-15-23-14-27-28;/h4-9,12,14-15H,3,10-11,13H2,1-2H3,(H2,24,25,26);1H.